The second-order valence-electron chi connectivity index (χ2n) is 5.85. The first kappa shape index (κ1) is 17.9. The highest BCUT2D eigenvalue weighted by Gasteiger charge is 2.39. The number of nitrogens with one attached hydrogen (secondary N) is 1. The standard InChI is InChI=1S/C13H24N2O5S/c1-4-9-21(19,20)14-10(2)11(16)15-7-5-13(3,6-8-15)12(17)18/h10,14H,4-9H2,1-3H3,(H,17,18). The van der Waals surface area contributed by atoms with Crippen LogP contribution in [0.25, 0.3) is 0 Å². The molecule has 122 valence electrons. The Morgan fingerprint density at radius 3 is 2.29 bits per heavy atom. The predicted molar refractivity (Wildman–Crippen MR) is 78.2 cm³/mol. The maximum absolute atomic E-state index is 12.2. The van der Waals surface area contributed by atoms with E-state index in [-0.39, 0.29) is 11.7 Å². The summed E-state index contributed by atoms with van der Waals surface area (Å²) in [6.45, 7) is 5.61. The van der Waals surface area contributed by atoms with E-state index >= 15 is 0 Å². The van der Waals surface area contributed by atoms with Gasteiger partial charge in [0.25, 0.3) is 0 Å². The summed E-state index contributed by atoms with van der Waals surface area (Å²) < 4.78 is 25.7. The van der Waals surface area contributed by atoms with Crippen molar-refractivity contribution < 1.29 is 23.1 Å². The van der Waals surface area contributed by atoms with E-state index in [4.69, 9.17) is 5.11 Å². The van der Waals surface area contributed by atoms with Crippen LogP contribution in [0.3, 0.4) is 0 Å². The van der Waals surface area contributed by atoms with E-state index in [0.29, 0.717) is 32.4 Å². The lowest BCUT2D eigenvalue weighted by Crippen LogP contribution is -2.52. The number of rotatable bonds is 6. The zero-order chi connectivity index (χ0) is 16.3. The molecule has 0 aromatic rings. The van der Waals surface area contributed by atoms with Crippen molar-refractivity contribution in [1.82, 2.24) is 9.62 Å². The number of carboxylic acids is 1. The second-order valence-corrected chi connectivity index (χ2v) is 7.72. The third-order valence-electron chi connectivity index (χ3n) is 3.89. The molecule has 0 spiro atoms. The van der Waals surface area contributed by atoms with Gasteiger partial charge in [0.15, 0.2) is 0 Å². The topological polar surface area (TPSA) is 104 Å². The number of carbonyl (C=O) groups is 2. The summed E-state index contributed by atoms with van der Waals surface area (Å²) >= 11 is 0. The molecule has 0 aliphatic carbocycles. The van der Waals surface area contributed by atoms with Crippen LogP contribution in [0.2, 0.25) is 0 Å². The maximum Gasteiger partial charge on any atom is 0.309 e. The fraction of sp³-hybridized carbons (Fsp3) is 0.846. The largest absolute Gasteiger partial charge is 0.481 e. The van der Waals surface area contributed by atoms with E-state index < -0.39 is 27.4 Å². The minimum absolute atomic E-state index is 0.0122. The van der Waals surface area contributed by atoms with Gasteiger partial charge in [0.2, 0.25) is 15.9 Å². The van der Waals surface area contributed by atoms with E-state index in [1.165, 1.54) is 11.8 Å². The first-order chi connectivity index (χ1) is 9.61. The summed E-state index contributed by atoms with van der Waals surface area (Å²) in [6, 6.07) is -0.823. The molecule has 0 aromatic heterocycles. The van der Waals surface area contributed by atoms with Crippen molar-refractivity contribution in [3.63, 3.8) is 0 Å². The summed E-state index contributed by atoms with van der Waals surface area (Å²) in [6.07, 6.45) is 1.24. The molecule has 21 heavy (non-hydrogen) atoms. The van der Waals surface area contributed by atoms with Crippen molar-refractivity contribution in [2.24, 2.45) is 5.41 Å². The third-order valence-corrected chi connectivity index (χ3v) is 5.55. The smallest absolute Gasteiger partial charge is 0.309 e. The van der Waals surface area contributed by atoms with E-state index in [9.17, 15) is 18.0 Å². The van der Waals surface area contributed by atoms with E-state index in [1.807, 2.05) is 0 Å². The highest BCUT2D eigenvalue weighted by Crippen LogP contribution is 2.31. The lowest BCUT2D eigenvalue weighted by molar-refractivity contribution is -0.153. The van der Waals surface area contributed by atoms with E-state index in [0.717, 1.165) is 0 Å². The lowest BCUT2D eigenvalue weighted by Gasteiger charge is -2.37. The van der Waals surface area contributed by atoms with Crippen molar-refractivity contribution in [2.45, 2.75) is 46.1 Å². The van der Waals surface area contributed by atoms with Crippen LogP contribution in [-0.4, -0.2) is 55.2 Å². The fourth-order valence-electron chi connectivity index (χ4n) is 2.36. The molecule has 7 nitrogen and oxygen atoms in total. The number of carboxylic acid groups (broad SMARTS) is 1. The Labute approximate surface area is 125 Å². The SMILES string of the molecule is CCCS(=O)(=O)NC(C)C(=O)N1CCC(C)(C(=O)O)CC1. The second kappa shape index (κ2) is 6.74. The Hall–Kier alpha value is -1.15. The molecule has 1 amide bonds. The summed E-state index contributed by atoms with van der Waals surface area (Å²) in [5, 5.41) is 9.15. The van der Waals surface area contributed by atoms with Gasteiger partial charge in [-0.15, -0.1) is 0 Å². The third kappa shape index (κ3) is 4.67. The Morgan fingerprint density at radius 2 is 1.86 bits per heavy atom. The van der Waals surface area contributed by atoms with Gasteiger partial charge >= 0.3 is 5.97 Å². The van der Waals surface area contributed by atoms with Crippen LogP contribution < -0.4 is 4.72 Å². The van der Waals surface area contributed by atoms with E-state index in [2.05, 4.69) is 4.72 Å². The highest BCUT2D eigenvalue weighted by molar-refractivity contribution is 7.89. The molecule has 0 bridgehead atoms. The molecular formula is C13H24N2O5S. The van der Waals surface area contributed by atoms with Gasteiger partial charge in [0, 0.05) is 13.1 Å². The zero-order valence-corrected chi connectivity index (χ0v) is 13.6. The van der Waals surface area contributed by atoms with Crippen molar-refractivity contribution in [3.05, 3.63) is 0 Å². The van der Waals surface area contributed by atoms with Gasteiger partial charge < -0.3 is 10.0 Å². The molecule has 1 heterocycles. The lowest BCUT2D eigenvalue weighted by atomic mass is 9.80. The number of likely N-dealkylation sites (tertiary alicyclic amines) is 1. The zero-order valence-electron chi connectivity index (χ0n) is 12.8. The summed E-state index contributed by atoms with van der Waals surface area (Å²) in [7, 11) is -3.44. The molecule has 8 heteroatoms. The summed E-state index contributed by atoms with van der Waals surface area (Å²) in [5.41, 5.74) is -0.804. The average molecular weight is 320 g/mol. The van der Waals surface area contributed by atoms with Crippen LogP contribution >= 0.6 is 0 Å². The number of amides is 1. The van der Waals surface area contributed by atoms with Crippen molar-refractivity contribution in [1.29, 1.82) is 0 Å². The molecule has 1 aliphatic heterocycles. The minimum atomic E-state index is -3.44. The Morgan fingerprint density at radius 1 is 1.33 bits per heavy atom. The van der Waals surface area contributed by atoms with E-state index in [1.54, 1.807) is 13.8 Å². The van der Waals surface area contributed by atoms with Crippen LogP contribution in [-0.2, 0) is 19.6 Å². The Bertz CT molecular complexity index is 495. The van der Waals surface area contributed by atoms with Gasteiger partial charge in [-0.3, -0.25) is 9.59 Å². The van der Waals surface area contributed by atoms with Crippen LogP contribution in [0.15, 0.2) is 0 Å². The van der Waals surface area contributed by atoms with Gasteiger partial charge in [0.1, 0.15) is 0 Å². The molecule has 1 rings (SSSR count). The summed E-state index contributed by atoms with van der Waals surface area (Å²) in [4.78, 5) is 24.9. The maximum atomic E-state index is 12.2. The number of hydrogen-bond donors (Lipinski definition) is 2. The van der Waals surface area contributed by atoms with Crippen molar-refractivity contribution in [3.8, 4) is 0 Å². The first-order valence-corrected chi connectivity index (χ1v) is 8.79. The van der Waals surface area contributed by atoms with Gasteiger partial charge in [-0.05, 0) is 33.1 Å². The highest BCUT2D eigenvalue weighted by atomic mass is 32.2. The molecule has 1 unspecified atom stereocenters. The molecular weight excluding hydrogens is 296 g/mol. The predicted octanol–water partition coefficient (Wildman–Crippen LogP) is 0.418. The number of sulfonamides is 1. The number of hydrogen-bond acceptors (Lipinski definition) is 4. The fourth-order valence-corrected chi connectivity index (χ4v) is 3.65. The quantitative estimate of drug-likeness (QED) is 0.738. The van der Waals surface area contributed by atoms with Gasteiger partial charge in [0.05, 0.1) is 17.2 Å². The number of piperidine rings is 1. The monoisotopic (exact) mass is 320 g/mol. The van der Waals surface area contributed by atoms with Gasteiger partial charge in [-0.25, -0.2) is 13.1 Å². The number of aliphatic carboxylic acids is 1. The minimum Gasteiger partial charge on any atom is -0.481 e. The van der Waals surface area contributed by atoms with Crippen molar-refractivity contribution in [2.75, 3.05) is 18.8 Å². The molecule has 1 fully saturated rings. The van der Waals surface area contributed by atoms with Crippen LogP contribution in [0.4, 0.5) is 0 Å². The molecule has 0 radical (unpaired) electrons. The molecule has 1 atom stereocenters. The Kier molecular flexibility index (Phi) is 5.75. The first-order valence-electron chi connectivity index (χ1n) is 7.13. The van der Waals surface area contributed by atoms with Crippen LogP contribution in [0.1, 0.15) is 40.0 Å². The summed E-state index contributed by atoms with van der Waals surface area (Å²) in [5.74, 6) is -1.17. The molecule has 2 N–H and O–H groups in total. The van der Waals surface area contributed by atoms with Crippen LogP contribution in [0.5, 0.6) is 0 Å². The van der Waals surface area contributed by atoms with Crippen molar-refractivity contribution >= 4 is 21.9 Å². The van der Waals surface area contributed by atoms with Crippen LogP contribution in [0, 0.1) is 5.41 Å². The Balaban J connectivity index is 2.60. The number of carbonyl (C=O) groups excluding carboxylic acids is 1. The average Bonchev–Trinajstić information content (AvgIpc) is 2.37. The number of nitrogens with zero attached hydrogens (tertiary/aromatic N) is 1. The molecule has 1 saturated heterocycles. The molecule has 0 saturated carbocycles. The van der Waals surface area contributed by atoms with Gasteiger partial charge in [-0.2, -0.15) is 0 Å². The van der Waals surface area contributed by atoms with Gasteiger partial charge in [-0.1, -0.05) is 6.92 Å². The molecule has 1 aliphatic rings. The molecule has 0 aromatic carbocycles. The normalized spacial score (nSPS) is 20.0.